The average molecular weight is 247 g/mol. The van der Waals surface area contributed by atoms with Crippen molar-refractivity contribution < 1.29 is 18.7 Å². The lowest BCUT2D eigenvalue weighted by molar-refractivity contribution is -0.136. The maximum atomic E-state index is 12.3. The van der Waals surface area contributed by atoms with E-state index in [4.69, 9.17) is 22.0 Å². The lowest BCUT2D eigenvalue weighted by Crippen LogP contribution is -2.06. The van der Waals surface area contributed by atoms with Crippen molar-refractivity contribution in [2.45, 2.75) is 12.8 Å². The van der Waals surface area contributed by atoms with E-state index in [1.165, 1.54) is 0 Å². The molecule has 0 amide bonds. The summed E-state index contributed by atoms with van der Waals surface area (Å²) in [5.74, 6) is -1.22. The van der Waals surface area contributed by atoms with Gasteiger partial charge in [-0.25, -0.2) is 13.8 Å². The van der Waals surface area contributed by atoms with Crippen LogP contribution in [0.4, 0.5) is 8.78 Å². The van der Waals surface area contributed by atoms with E-state index in [1.807, 2.05) is 0 Å². The van der Waals surface area contributed by atoms with Crippen molar-refractivity contribution in [2.75, 3.05) is 0 Å². The molecule has 0 fully saturated rings. The molecule has 7 heteroatoms. The molecule has 16 heavy (non-hydrogen) atoms. The van der Waals surface area contributed by atoms with E-state index in [-0.39, 0.29) is 16.3 Å². The summed E-state index contributed by atoms with van der Waals surface area (Å²) >= 11 is 5.61. The summed E-state index contributed by atoms with van der Waals surface area (Å²) in [6, 6.07) is 2.41. The van der Waals surface area contributed by atoms with Crippen molar-refractivity contribution in [3.63, 3.8) is 0 Å². The second kappa shape index (κ2) is 4.86. The number of carboxylic acids is 1. The van der Waals surface area contributed by atoms with E-state index >= 15 is 0 Å². The highest BCUT2D eigenvalue weighted by Gasteiger charge is 2.18. The number of carboxylic acid groups (broad SMARTS) is 1. The Balaban J connectivity index is 3.30. The Labute approximate surface area is 94.1 Å². The summed E-state index contributed by atoms with van der Waals surface area (Å²) in [4.78, 5) is 13.8. The molecule has 0 unspecified atom stereocenters. The van der Waals surface area contributed by atoms with Crippen LogP contribution in [0.15, 0.2) is 6.07 Å². The summed E-state index contributed by atoms with van der Waals surface area (Å²) in [6.07, 6.45) is -3.39. The summed E-state index contributed by atoms with van der Waals surface area (Å²) in [5, 5.41) is 17.0. The van der Waals surface area contributed by atoms with Gasteiger partial charge in [-0.1, -0.05) is 11.6 Å². The van der Waals surface area contributed by atoms with E-state index in [2.05, 4.69) is 4.98 Å². The van der Waals surface area contributed by atoms with Crippen molar-refractivity contribution >= 4 is 17.6 Å². The Bertz CT molecular complexity index is 471. The van der Waals surface area contributed by atoms with Crippen molar-refractivity contribution in [1.29, 1.82) is 5.26 Å². The monoisotopic (exact) mass is 246 g/mol. The molecule has 0 spiro atoms. The smallest absolute Gasteiger partial charge is 0.307 e. The maximum Gasteiger partial charge on any atom is 0.307 e. The predicted molar refractivity (Wildman–Crippen MR) is 50.3 cm³/mol. The number of pyridine rings is 1. The molecular weight excluding hydrogens is 242 g/mol. The second-order valence-corrected chi connectivity index (χ2v) is 3.25. The standard InChI is InChI=1S/C9H5ClF2N2O2/c10-5-2-6(9(11)12)14-7(3-13)4(5)1-8(15)16/h2,9H,1H2,(H,15,16). The zero-order chi connectivity index (χ0) is 12.3. The van der Waals surface area contributed by atoms with Gasteiger partial charge in [0.15, 0.2) is 0 Å². The molecule has 0 atom stereocenters. The molecule has 0 bridgehead atoms. The molecule has 0 aliphatic heterocycles. The molecule has 4 nitrogen and oxygen atoms in total. The number of nitriles is 1. The molecule has 0 radical (unpaired) electrons. The quantitative estimate of drug-likeness (QED) is 0.887. The second-order valence-electron chi connectivity index (χ2n) is 2.84. The third-order valence-electron chi connectivity index (χ3n) is 1.75. The van der Waals surface area contributed by atoms with E-state index in [9.17, 15) is 13.6 Å². The Kier molecular flexibility index (Phi) is 3.74. The lowest BCUT2D eigenvalue weighted by Gasteiger charge is -2.06. The van der Waals surface area contributed by atoms with Crippen LogP contribution in [0, 0.1) is 11.3 Å². The number of carbonyl (C=O) groups is 1. The van der Waals surface area contributed by atoms with Crippen molar-refractivity contribution in [1.82, 2.24) is 4.98 Å². The van der Waals surface area contributed by atoms with Crippen LogP contribution in [0.25, 0.3) is 0 Å². The third-order valence-corrected chi connectivity index (χ3v) is 2.08. The number of alkyl halides is 2. The first kappa shape index (κ1) is 12.3. The number of hydrogen-bond donors (Lipinski definition) is 1. The minimum absolute atomic E-state index is 0.0546. The zero-order valence-corrected chi connectivity index (χ0v) is 8.50. The van der Waals surface area contributed by atoms with Crippen molar-refractivity contribution in [2.24, 2.45) is 0 Å². The fourth-order valence-corrected chi connectivity index (χ4v) is 1.35. The number of halogens is 3. The third kappa shape index (κ3) is 2.64. The van der Waals surface area contributed by atoms with Crippen LogP contribution in [-0.4, -0.2) is 16.1 Å². The number of nitrogens with zero attached hydrogens (tertiary/aromatic N) is 2. The molecule has 0 saturated carbocycles. The first-order valence-corrected chi connectivity index (χ1v) is 4.43. The Hall–Kier alpha value is -1.74. The first-order chi connectivity index (χ1) is 7.45. The van der Waals surface area contributed by atoms with Gasteiger partial charge in [0.1, 0.15) is 17.5 Å². The molecule has 1 rings (SSSR count). The molecule has 0 aromatic carbocycles. The number of aromatic nitrogens is 1. The Morgan fingerprint density at radius 1 is 1.69 bits per heavy atom. The molecule has 1 N–H and O–H groups in total. The Morgan fingerprint density at radius 2 is 2.31 bits per heavy atom. The summed E-state index contributed by atoms with van der Waals surface area (Å²) in [5.41, 5.74) is -1.08. The molecule has 0 aliphatic rings. The number of rotatable bonds is 3. The van der Waals surface area contributed by atoms with E-state index in [0.717, 1.165) is 6.07 Å². The normalized spacial score (nSPS) is 10.2. The molecule has 1 heterocycles. The Morgan fingerprint density at radius 3 is 2.75 bits per heavy atom. The predicted octanol–water partition coefficient (Wildman–Crippen LogP) is 2.17. The number of aliphatic carboxylic acids is 1. The lowest BCUT2D eigenvalue weighted by atomic mass is 10.1. The van der Waals surface area contributed by atoms with Crippen LogP contribution in [0.2, 0.25) is 5.02 Å². The highest BCUT2D eigenvalue weighted by molar-refractivity contribution is 6.31. The van der Waals surface area contributed by atoms with Crippen LogP contribution >= 0.6 is 11.6 Å². The average Bonchev–Trinajstić information content (AvgIpc) is 2.19. The fraction of sp³-hybridized carbons (Fsp3) is 0.222. The zero-order valence-electron chi connectivity index (χ0n) is 7.75. The summed E-state index contributed by atoms with van der Waals surface area (Å²) in [7, 11) is 0. The van der Waals surface area contributed by atoms with Gasteiger partial charge in [0, 0.05) is 10.6 Å². The van der Waals surface area contributed by atoms with Crippen molar-refractivity contribution in [3.05, 3.63) is 28.0 Å². The van der Waals surface area contributed by atoms with Gasteiger partial charge in [0.05, 0.1) is 6.42 Å². The highest BCUT2D eigenvalue weighted by Crippen LogP contribution is 2.25. The SMILES string of the molecule is N#Cc1nc(C(F)F)cc(Cl)c1CC(=O)O. The van der Waals surface area contributed by atoms with Gasteiger partial charge < -0.3 is 5.11 Å². The van der Waals surface area contributed by atoms with Gasteiger partial charge in [-0.15, -0.1) is 0 Å². The minimum Gasteiger partial charge on any atom is -0.481 e. The van der Waals surface area contributed by atoms with E-state index in [0.29, 0.717) is 0 Å². The van der Waals surface area contributed by atoms with Crippen LogP contribution in [-0.2, 0) is 11.2 Å². The molecular formula is C9H5ClF2N2O2. The van der Waals surface area contributed by atoms with Crippen LogP contribution in [0.1, 0.15) is 23.4 Å². The molecule has 0 aliphatic carbocycles. The van der Waals surface area contributed by atoms with Gasteiger partial charge in [0.25, 0.3) is 6.43 Å². The van der Waals surface area contributed by atoms with Gasteiger partial charge in [0.2, 0.25) is 0 Å². The first-order valence-electron chi connectivity index (χ1n) is 4.05. The van der Waals surface area contributed by atoms with Crippen LogP contribution in [0.3, 0.4) is 0 Å². The van der Waals surface area contributed by atoms with Crippen LogP contribution in [0.5, 0.6) is 0 Å². The van der Waals surface area contributed by atoms with Gasteiger partial charge >= 0.3 is 5.97 Å². The largest absolute Gasteiger partial charge is 0.481 e. The van der Waals surface area contributed by atoms with Crippen molar-refractivity contribution in [3.8, 4) is 6.07 Å². The molecule has 1 aromatic rings. The minimum atomic E-state index is -2.86. The summed E-state index contributed by atoms with van der Waals surface area (Å²) in [6.45, 7) is 0. The van der Waals surface area contributed by atoms with Gasteiger partial charge in [-0.2, -0.15) is 5.26 Å². The van der Waals surface area contributed by atoms with Crippen LogP contribution < -0.4 is 0 Å². The van der Waals surface area contributed by atoms with Gasteiger partial charge in [-0.05, 0) is 6.07 Å². The highest BCUT2D eigenvalue weighted by atomic mass is 35.5. The summed E-state index contributed by atoms with van der Waals surface area (Å²) < 4.78 is 24.6. The van der Waals surface area contributed by atoms with E-state index in [1.54, 1.807) is 6.07 Å². The maximum absolute atomic E-state index is 12.3. The number of hydrogen-bond acceptors (Lipinski definition) is 3. The topological polar surface area (TPSA) is 74.0 Å². The fourth-order valence-electron chi connectivity index (χ4n) is 1.08. The molecule has 84 valence electrons. The molecule has 1 aromatic heterocycles. The molecule has 0 saturated heterocycles. The van der Waals surface area contributed by atoms with Gasteiger partial charge in [-0.3, -0.25) is 4.79 Å². The van der Waals surface area contributed by atoms with E-state index < -0.39 is 24.5 Å².